The van der Waals surface area contributed by atoms with Gasteiger partial charge in [0.2, 0.25) is 5.95 Å². The summed E-state index contributed by atoms with van der Waals surface area (Å²) in [5.74, 6) is 0.313. The second-order valence-electron chi connectivity index (χ2n) is 9.43. The monoisotopic (exact) mass is 539 g/mol. The van der Waals surface area contributed by atoms with Crippen molar-refractivity contribution in [2.45, 2.75) is 25.8 Å². The van der Waals surface area contributed by atoms with Gasteiger partial charge in [-0.3, -0.25) is 15.3 Å². The number of aromatic amines is 1. The largest absolute Gasteiger partial charge is 0.383 e. The smallest absolute Gasteiger partial charge is 0.333 e. The minimum Gasteiger partial charge on any atom is -0.383 e. The average Bonchev–Trinajstić information content (AvgIpc) is 2.85. The van der Waals surface area contributed by atoms with Crippen molar-refractivity contribution in [2.24, 2.45) is 0 Å². The van der Waals surface area contributed by atoms with E-state index in [4.69, 9.17) is 33.3 Å². The molecule has 0 aliphatic carbocycles. The van der Waals surface area contributed by atoms with E-state index >= 15 is 0 Å². The Balaban J connectivity index is 1.46. The number of hydrogen-bond donors (Lipinski definition) is 3. The third kappa shape index (κ3) is 4.64. The Hall–Kier alpha value is -3.24. The second kappa shape index (κ2) is 9.90. The van der Waals surface area contributed by atoms with Crippen LogP contribution in [-0.2, 0) is 16.7 Å². The van der Waals surface area contributed by atoms with Gasteiger partial charge in [0.15, 0.2) is 5.65 Å². The number of H-pyrrole nitrogens is 1. The molecule has 0 spiro atoms. The highest BCUT2D eigenvalue weighted by atomic mass is 35.5. The van der Waals surface area contributed by atoms with Gasteiger partial charge < -0.3 is 10.1 Å². The Labute approximate surface area is 223 Å². The van der Waals surface area contributed by atoms with Crippen LogP contribution in [0.1, 0.15) is 25.0 Å². The number of rotatable bonds is 6. The molecule has 3 N–H and O–H groups in total. The molecule has 0 fully saturated rings. The highest BCUT2D eigenvalue weighted by Gasteiger charge is 2.34. The van der Waals surface area contributed by atoms with Crippen LogP contribution in [0.2, 0.25) is 10.0 Å². The third-order valence-corrected chi connectivity index (χ3v) is 7.49. The van der Waals surface area contributed by atoms with Crippen molar-refractivity contribution in [1.82, 2.24) is 24.4 Å². The quantitative estimate of drug-likeness (QED) is 0.335. The minimum absolute atomic E-state index is 0.103. The molecule has 2 aromatic carbocycles. The number of halogens is 2. The van der Waals surface area contributed by atoms with Crippen LogP contribution in [0.5, 0.6) is 0 Å². The van der Waals surface area contributed by atoms with Gasteiger partial charge >= 0.3 is 5.69 Å². The summed E-state index contributed by atoms with van der Waals surface area (Å²) < 4.78 is 6.40. The number of nitrogens with zero attached hydrogens (tertiary/aromatic N) is 4. The number of anilines is 2. The van der Waals surface area contributed by atoms with Crippen molar-refractivity contribution in [3.8, 4) is 5.69 Å². The molecule has 0 unspecified atom stereocenters. The number of aromatic nitrogens is 4. The van der Waals surface area contributed by atoms with Gasteiger partial charge in [0.05, 0.1) is 27.7 Å². The minimum atomic E-state index is -0.578. The normalized spacial score (nSPS) is 15.1. The molecule has 11 heteroatoms. The molecule has 0 saturated carbocycles. The standard InChI is InChI=1S/C26H27Cl2N7O2/c1-26(2)18-8-7-16(13-15(18)9-10-34(26)11-12-37-3)31-24-30-14-17-22(29)35(25(36)33-23(17)32-24)21-19(27)5-4-6-20(21)28/h4-8,13-14,29H,9-12H2,1-3H3,(H2,30,31,32,33,36). The summed E-state index contributed by atoms with van der Waals surface area (Å²) in [5, 5.41) is 12.7. The van der Waals surface area contributed by atoms with E-state index < -0.39 is 5.69 Å². The summed E-state index contributed by atoms with van der Waals surface area (Å²) in [4.78, 5) is 26.9. The summed E-state index contributed by atoms with van der Waals surface area (Å²) in [7, 11) is 1.73. The maximum absolute atomic E-state index is 12.9. The van der Waals surface area contributed by atoms with Gasteiger partial charge in [0.25, 0.3) is 0 Å². The van der Waals surface area contributed by atoms with E-state index in [0.29, 0.717) is 17.9 Å². The second-order valence-corrected chi connectivity index (χ2v) is 10.2. The van der Waals surface area contributed by atoms with Crippen LogP contribution in [-0.4, -0.2) is 51.2 Å². The van der Waals surface area contributed by atoms with Crippen molar-refractivity contribution in [2.75, 3.05) is 32.1 Å². The van der Waals surface area contributed by atoms with Gasteiger partial charge in [-0.2, -0.15) is 4.98 Å². The SMILES string of the molecule is COCCN1CCc2cc(Nc3ncc4c(=N)n(-c5c(Cl)cccc5Cl)c(=O)[nH]c4n3)ccc2C1(C)C. The number of fused-ring (bicyclic) bond motifs is 2. The van der Waals surface area contributed by atoms with Crippen molar-refractivity contribution in [3.63, 3.8) is 0 Å². The number of benzene rings is 2. The molecule has 5 rings (SSSR count). The van der Waals surface area contributed by atoms with Gasteiger partial charge in [-0.25, -0.2) is 14.3 Å². The summed E-state index contributed by atoms with van der Waals surface area (Å²) in [5.41, 5.74) is 3.07. The number of methoxy groups -OCH3 is 1. The summed E-state index contributed by atoms with van der Waals surface area (Å²) in [6, 6.07) is 11.2. The molecular formula is C26H27Cl2N7O2. The van der Waals surface area contributed by atoms with Crippen molar-refractivity contribution < 1.29 is 4.74 Å². The van der Waals surface area contributed by atoms with Crippen LogP contribution in [0.25, 0.3) is 16.7 Å². The predicted octanol–water partition coefficient (Wildman–Crippen LogP) is 4.38. The lowest BCUT2D eigenvalue weighted by molar-refractivity contribution is 0.0677. The fourth-order valence-corrected chi connectivity index (χ4v) is 5.47. The Morgan fingerprint density at radius 1 is 1.22 bits per heavy atom. The van der Waals surface area contributed by atoms with E-state index in [1.54, 1.807) is 25.3 Å². The Morgan fingerprint density at radius 3 is 2.70 bits per heavy atom. The van der Waals surface area contributed by atoms with Gasteiger partial charge in [0.1, 0.15) is 5.49 Å². The van der Waals surface area contributed by atoms with E-state index in [1.807, 2.05) is 6.07 Å². The van der Waals surface area contributed by atoms with Crippen LogP contribution in [0.4, 0.5) is 11.6 Å². The van der Waals surface area contributed by atoms with Gasteiger partial charge in [-0.15, -0.1) is 0 Å². The van der Waals surface area contributed by atoms with Crippen LogP contribution >= 0.6 is 23.2 Å². The Morgan fingerprint density at radius 2 is 1.97 bits per heavy atom. The molecule has 1 aliphatic rings. The highest BCUT2D eigenvalue weighted by molar-refractivity contribution is 6.37. The molecule has 0 bridgehead atoms. The zero-order valence-corrected chi connectivity index (χ0v) is 22.2. The van der Waals surface area contributed by atoms with E-state index in [2.05, 4.69) is 51.1 Å². The first-order valence-electron chi connectivity index (χ1n) is 11.9. The molecule has 2 aromatic heterocycles. The number of para-hydroxylation sites is 1. The summed E-state index contributed by atoms with van der Waals surface area (Å²) in [6.45, 7) is 6.99. The Kier molecular flexibility index (Phi) is 6.80. The third-order valence-electron chi connectivity index (χ3n) is 6.88. The predicted molar refractivity (Wildman–Crippen MR) is 145 cm³/mol. The lowest BCUT2D eigenvalue weighted by atomic mass is 9.83. The molecule has 0 radical (unpaired) electrons. The van der Waals surface area contributed by atoms with Crippen molar-refractivity contribution in [1.29, 1.82) is 5.41 Å². The topological polar surface area (TPSA) is 112 Å². The molecular weight excluding hydrogens is 513 g/mol. The molecule has 0 amide bonds. The first-order chi connectivity index (χ1) is 17.7. The average molecular weight is 540 g/mol. The maximum atomic E-state index is 12.9. The molecule has 1 aliphatic heterocycles. The molecule has 3 heterocycles. The van der Waals surface area contributed by atoms with Gasteiger partial charge in [-0.1, -0.05) is 35.3 Å². The molecule has 37 heavy (non-hydrogen) atoms. The fraction of sp³-hybridized carbons (Fsp3) is 0.308. The van der Waals surface area contributed by atoms with Crippen LogP contribution in [0.15, 0.2) is 47.4 Å². The summed E-state index contributed by atoms with van der Waals surface area (Å²) in [6.07, 6.45) is 2.43. The lowest BCUT2D eigenvalue weighted by Gasteiger charge is -2.44. The van der Waals surface area contributed by atoms with E-state index in [-0.39, 0.29) is 32.4 Å². The number of nitrogens with one attached hydrogen (secondary N) is 3. The number of ether oxygens (including phenoxy) is 1. The van der Waals surface area contributed by atoms with Crippen LogP contribution in [0, 0.1) is 5.41 Å². The lowest BCUT2D eigenvalue weighted by Crippen LogP contribution is -2.48. The Bertz CT molecular complexity index is 1590. The van der Waals surface area contributed by atoms with Crippen LogP contribution in [0.3, 0.4) is 0 Å². The van der Waals surface area contributed by atoms with Crippen molar-refractivity contribution in [3.05, 3.63) is 79.7 Å². The van der Waals surface area contributed by atoms with E-state index in [9.17, 15) is 4.79 Å². The number of hydrogen-bond acceptors (Lipinski definition) is 7. The molecule has 0 saturated heterocycles. The maximum Gasteiger partial charge on any atom is 0.333 e. The van der Waals surface area contributed by atoms with Gasteiger partial charge in [-0.05, 0) is 55.7 Å². The summed E-state index contributed by atoms with van der Waals surface area (Å²) >= 11 is 12.6. The van der Waals surface area contributed by atoms with Crippen molar-refractivity contribution >= 4 is 45.9 Å². The highest BCUT2D eigenvalue weighted by Crippen LogP contribution is 2.36. The molecule has 4 aromatic rings. The molecule has 0 atom stereocenters. The zero-order valence-electron chi connectivity index (χ0n) is 20.7. The fourth-order valence-electron chi connectivity index (χ4n) is 4.91. The van der Waals surface area contributed by atoms with E-state index in [1.165, 1.54) is 17.3 Å². The zero-order chi connectivity index (χ0) is 26.3. The molecule has 9 nitrogen and oxygen atoms in total. The first-order valence-corrected chi connectivity index (χ1v) is 12.6. The first kappa shape index (κ1) is 25.4. The van der Waals surface area contributed by atoms with E-state index in [0.717, 1.165) is 29.8 Å². The van der Waals surface area contributed by atoms with Crippen LogP contribution < -0.4 is 16.5 Å². The molecule has 192 valence electrons. The van der Waals surface area contributed by atoms with Gasteiger partial charge in [0, 0.05) is 37.6 Å².